The summed E-state index contributed by atoms with van der Waals surface area (Å²) in [6.45, 7) is 1.94. The number of aromatic nitrogens is 1. The third kappa shape index (κ3) is 3.63. The van der Waals surface area contributed by atoms with Crippen LogP contribution in [-0.4, -0.2) is 4.98 Å². The molecule has 5 heteroatoms. The normalized spacial score (nSPS) is 11.7. The second-order valence-corrected chi connectivity index (χ2v) is 6.71. The molecule has 0 atom stereocenters. The van der Waals surface area contributed by atoms with E-state index in [1.54, 1.807) is 23.6 Å². The number of hydrogen-bond acceptors (Lipinski definition) is 2. The first-order valence-electron chi connectivity index (χ1n) is 6.89. The van der Waals surface area contributed by atoms with Crippen molar-refractivity contribution in [3.63, 3.8) is 0 Å². The number of hydrogen-bond donors (Lipinski definition) is 0. The van der Waals surface area contributed by atoms with Gasteiger partial charge in [-0.1, -0.05) is 47.5 Å². The molecule has 1 aromatic heterocycles. The summed E-state index contributed by atoms with van der Waals surface area (Å²) >= 11 is 13.4. The molecule has 23 heavy (non-hydrogen) atoms. The van der Waals surface area contributed by atoms with Crippen molar-refractivity contribution in [3.8, 4) is 10.6 Å². The Morgan fingerprint density at radius 2 is 1.96 bits per heavy atom. The quantitative estimate of drug-likeness (QED) is 0.493. The molecule has 0 radical (unpaired) electrons. The van der Waals surface area contributed by atoms with E-state index < -0.39 is 0 Å². The molecular formula is C18H12Cl2FNS. The molecule has 0 aliphatic carbocycles. The fraction of sp³-hybridized carbons (Fsp3) is 0.0556. The molecule has 0 amide bonds. The minimum Gasteiger partial charge on any atom is -0.234 e. The number of benzene rings is 2. The SMILES string of the molecule is Cc1ccccc1C=C(F)c1csc(-c2ccc(Cl)cc2Cl)n1. The van der Waals surface area contributed by atoms with Crippen molar-refractivity contribution >= 4 is 46.4 Å². The fourth-order valence-electron chi connectivity index (χ4n) is 2.13. The van der Waals surface area contributed by atoms with Crippen molar-refractivity contribution in [2.75, 3.05) is 0 Å². The van der Waals surface area contributed by atoms with Crippen LogP contribution >= 0.6 is 34.5 Å². The average Bonchev–Trinajstić information content (AvgIpc) is 2.99. The predicted molar refractivity (Wildman–Crippen MR) is 97.7 cm³/mol. The predicted octanol–water partition coefficient (Wildman–Crippen LogP) is 6.89. The molecule has 1 nitrogen and oxygen atoms in total. The standard InChI is InChI=1S/C18H12Cl2FNS/c1-11-4-2-3-5-12(11)8-16(21)17-10-23-18(22-17)14-7-6-13(19)9-15(14)20/h2-10H,1H3. The Hall–Kier alpha value is -1.68. The van der Waals surface area contributed by atoms with Gasteiger partial charge in [0.25, 0.3) is 0 Å². The van der Waals surface area contributed by atoms with Gasteiger partial charge in [-0.25, -0.2) is 9.37 Å². The Kier molecular flexibility index (Phi) is 4.81. The molecule has 0 saturated carbocycles. The summed E-state index contributed by atoms with van der Waals surface area (Å²) in [5, 5.41) is 3.41. The van der Waals surface area contributed by atoms with Gasteiger partial charge in [-0.2, -0.15) is 0 Å². The van der Waals surface area contributed by atoms with Crippen LogP contribution in [0.4, 0.5) is 4.39 Å². The van der Waals surface area contributed by atoms with Gasteiger partial charge in [-0.05, 0) is 42.3 Å². The molecule has 1 heterocycles. The third-order valence-electron chi connectivity index (χ3n) is 3.38. The summed E-state index contributed by atoms with van der Waals surface area (Å²) in [5.74, 6) is -0.369. The average molecular weight is 364 g/mol. The van der Waals surface area contributed by atoms with Crippen LogP contribution in [0.25, 0.3) is 22.5 Å². The maximum Gasteiger partial charge on any atom is 0.150 e. The van der Waals surface area contributed by atoms with Gasteiger partial charge in [0, 0.05) is 16.0 Å². The van der Waals surface area contributed by atoms with E-state index in [1.807, 2.05) is 31.2 Å². The number of aryl methyl sites for hydroxylation is 1. The van der Waals surface area contributed by atoms with E-state index in [1.165, 1.54) is 17.4 Å². The minimum atomic E-state index is -0.369. The van der Waals surface area contributed by atoms with Gasteiger partial charge in [0.2, 0.25) is 0 Å². The molecule has 0 aliphatic heterocycles. The highest BCUT2D eigenvalue weighted by Gasteiger charge is 2.12. The van der Waals surface area contributed by atoms with Gasteiger partial charge < -0.3 is 0 Å². The molecule has 116 valence electrons. The summed E-state index contributed by atoms with van der Waals surface area (Å²) in [6.07, 6.45) is 1.50. The van der Waals surface area contributed by atoms with E-state index in [-0.39, 0.29) is 5.83 Å². The second-order valence-electron chi connectivity index (χ2n) is 5.01. The third-order valence-corrected chi connectivity index (χ3v) is 4.80. The monoisotopic (exact) mass is 363 g/mol. The minimum absolute atomic E-state index is 0.305. The zero-order valence-electron chi connectivity index (χ0n) is 12.2. The zero-order chi connectivity index (χ0) is 16.4. The van der Waals surface area contributed by atoms with Crippen molar-refractivity contribution < 1.29 is 4.39 Å². The van der Waals surface area contributed by atoms with Gasteiger partial charge in [-0.3, -0.25) is 0 Å². The molecule has 0 bridgehead atoms. The van der Waals surface area contributed by atoms with Gasteiger partial charge in [0.05, 0.1) is 5.02 Å². The first-order chi connectivity index (χ1) is 11.0. The Labute approximate surface area is 148 Å². The van der Waals surface area contributed by atoms with E-state index in [0.717, 1.165) is 16.7 Å². The molecular weight excluding hydrogens is 352 g/mol. The van der Waals surface area contributed by atoms with Crippen LogP contribution in [0.2, 0.25) is 10.0 Å². The van der Waals surface area contributed by atoms with E-state index in [2.05, 4.69) is 4.98 Å². The van der Waals surface area contributed by atoms with Crippen LogP contribution in [0.15, 0.2) is 47.8 Å². The fourth-order valence-corrected chi connectivity index (χ4v) is 3.53. The van der Waals surface area contributed by atoms with E-state index in [0.29, 0.717) is 20.7 Å². The lowest BCUT2D eigenvalue weighted by molar-refractivity contribution is 0.759. The summed E-state index contributed by atoms with van der Waals surface area (Å²) in [6, 6.07) is 12.8. The molecule has 0 unspecified atom stereocenters. The van der Waals surface area contributed by atoms with Crippen molar-refractivity contribution in [1.82, 2.24) is 4.98 Å². The molecule has 0 saturated heterocycles. The highest BCUT2D eigenvalue weighted by molar-refractivity contribution is 7.13. The van der Waals surface area contributed by atoms with Crippen molar-refractivity contribution in [3.05, 3.63) is 74.7 Å². The number of thiazole rings is 1. The van der Waals surface area contributed by atoms with Crippen molar-refractivity contribution in [2.24, 2.45) is 0 Å². The molecule has 3 aromatic rings. The summed E-state index contributed by atoms with van der Waals surface area (Å²) in [7, 11) is 0. The Morgan fingerprint density at radius 1 is 1.17 bits per heavy atom. The lowest BCUT2D eigenvalue weighted by Gasteiger charge is -2.01. The van der Waals surface area contributed by atoms with E-state index in [4.69, 9.17) is 23.2 Å². The molecule has 0 spiro atoms. The van der Waals surface area contributed by atoms with Crippen molar-refractivity contribution in [2.45, 2.75) is 6.92 Å². The smallest absolute Gasteiger partial charge is 0.150 e. The summed E-state index contributed by atoms with van der Waals surface area (Å²) < 4.78 is 14.4. The maximum absolute atomic E-state index is 14.4. The van der Waals surface area contributed by atoms with Crippen LogP contribution in [0.1, 0.15) is 16.8 Å². The Balaban J connectivity index is 1.94. The number of rotatable bonds is 3. The maximum atomic E-state index is 14.4. The number of nitrogens with zero attached hydrogens (tertiary/aromatic N) is 1. The highest BCUT2D eigenvalue weighted by Crippen LogP contribution is 2.34. The van der Waals surface area contributed by atoms with E-state index >= 15 is 0 Å². The highest BCUT2D eigenvalue weighted by atomic mass is 35.5. The van der Waals surface area contributed by atoms with Crippen LogP contribution in [0.5, 0.6) is 0 Å². The molecule has 0 N–H and O–H groups in total. The molecule has 0 fully saturated rings. The van der Waals surface area contributed by atoms with Gasteiger partial charge in [-0.15, -0.1) is 11.3 Å². The molecule has 0 aliphatic rings. The largest absolute Gasteiger partial charge is 0.234 e. The van der Waals surface area contributed by atoms with E-state index in [9.17, 15) is 4.39 Å². The van der Waals surface area contributed by atoms with Gasteiger partial charge in [0.1, 0.15) is 16.5 Å². The summed E-state index contributed by atoms with van der Waals surface area (Å²) in [4.78, 5) is 4.34. The van der Waals surface area contributed by atoms with Crippen LogP contribution in [0.3, 0.4) is 0 Å². The van der Waals surface area contributed by atoms with Crippen molar-refractivity contribution in [1.29, 1.82) is 0 Å². The lowest BCUT2D eigenvalue weighted by Crippen LogP contribution is -1.84. The Bertz CT molecular complexity index is 886. The number of halogens is 3. The first-order valence-corrected chi connectivity index (χ1v) is 8.52. The Morgan fingerprint density at radius 3 is 2.70 bits per heavy atom. The van der Waals surface area contributed by atoms with Gasteiger partial charge in [0.15, 0.2) is 0 Å². The topological polar surface area (TPSA) is 12.9 Å². The first kappa shape index (κ1) is 16.2. The van der Waals surface area contributed by atoms with Crippen LogP contribution in [0, 0.1) is 6.92 Å². The molecule has 3 rings (SSSR count). The lowest BCUT2D eigenvalue weighted by atomic mass is 10.1. The molecule has 2 aromatic carbocycles. The van der Waals surface area contributed by atoms with Crippen LogP contribution in [-0.2, 0) is 0 Å². The second kappa shape index (κ2) is 6.83. The van der Waals surface area contributed by atoms with Crippen LogP contribution < -0.4 is 0 Å². The summed E-state index contributed by atoms with van der Waals surface area (Å²) in [5.41, 5.74) is 2.90. The zero-order valence-corrected chi connectivity index (χ0v) is 14.5. The van der Waals surface area contributed by atoms with Gasteiger partial charge >= 0.3 is 0 Å².